The number of ether oxygens (including phenoxy) is 3. The predicted molar refractivity (Wildman–Crippen MR) is 111 cm³/mol. The molecule has 0 aromatic heterocycles. The number of nitrogens with two attached hydrogens (primary N) is 1. The summed E-state index contributed by atoms with van der Waals surface area (Å²) < 4.78 is 15.8. The zero-order valence-corrected chi connectivity index (χ0v) is 18.0. The van der Waals surface area contributed by atoms with Crippen molar-refractivity contribution in [1.29, 1.82) is 0 Å². The molecule has 0 aliphatic carbocycles. The highest BCUT2D eigenvalue weighted by Crippen LogP contribution is 2.44. The van der Waals surface area contributed by atoms with Gasteiger partial charge in [-0.25, -0.2) is 4.79 Å². The Labute approximate surface area is 179 Å². The van der Waals surface area contributed by atoms with Crippen LogP contribution in [-0.2, 0) is 23.8 Å². The maximum Gasteiger partial charge on any atom is 0.336 e. The number of halogens is 2. The average molecular weight is 443 g/mol. The van der Waals surface area contributed by atoms with Gasteiger partial charge in [-0.15, -0.1) is 0 Å². The molecule has 9 heteroatoms. The van der Waals surface area contributed by atoms with Crippen LogP contribution in [0.5, 0.6) is 0 Å². The molecule has 0 bridgehead atoms. The van der Waals surface area contributed by atoms with Gasteiger partial charge in [0.25, 0.3) is 0 Å². The first-order chi connectivity index (χ1) is 13.9. The number of rotatable bonds is 8. The molecule has 1 aliphatic heterocycles. The third kappa shape index (κ3) is 5.17. The lowest BCUT2D eigenvalue weighted by molar-refractivity contribution is -0.144. The summed E-state index contributed by atoms with van der Waals surface area (Å²) in [4.78, 5) is 30.0. The summed E-state index contributed by atoms with van der Waals surface area (Å²) in [6.45, 7) is 4.18. The number of hydrogen-bond acceptors (Lipinski definition) is 7. The van der Waals surface area contributed by atoms with E-state index < -0.39 is 23.8 Å². The minimum atomic E-state index is -0.867. The summed E-state index contributed by atoms with van der Waals surface area (Å²) in [7, 11) is 1.28. The maximum atomic E-state index is 12.9. The SMILES string of the molecule is CCOC(=O)C1=C(COCCN)N=C(C)C(C(=O)OC)C1c1cccc(Cl)c1Cl. The van der Waals surface area contributed by atoms with Crippen LogP contribution in [0, 0.1) is 5.92 Å². The van der Waals surface area contributed by atoms with E-state index in [2.05, 4.69) is 4.99 Å². The fourth-order valence-corrected chi connectivity index (χ4v) is 3.70. The second kappa shape index (κ2) is 10.7. The lowest BCUT2D eigenvalue weighted by atomic mass is 9.75. The molecule has 2 N–H and O–H groups in total. The molecule has 0 fully saturated rings. The molecule has 0 amide bonds. The van der Waals surface area contributed by atoms with Crippen molar-refractivity contribution >= 4 is 40.9 Å². The molecule has 1 aliphatic rings. The van der Waals surface area contributed by atoms with Crippen molar-refractivity contribution in [3.8, 4) is 0 Å². The highest BCUT2D eigenvalue weighted by Gasteiger charge is 2.44. The lowest BCUT2D eigenvalue weighted by Crippen LogP contribution is -2.37. The molecule has 2 rings (SSSR count). The van der Waals surface area contributed by atoms with Crippen molar-refractivity contribution in [2.45, 2.75) is 19.8 Å². The molecule has 0 spiro atoms. The molecule has 1 aromatic carbocycles. The summed E-state index contributed by atoms with van der Waals surface area (Å²) in [6.07, 6.45) is 0. The first kappa shape index (κ1) is 23.3. The molecular formula is C20H24Cl2N2O5. The molecule has 2 atom stereocenters. The Hall–Kier alpha value is -1.93. The molecular weight excluding hydrogens is 419 g/mol. The van der Waals surface area contributed by atoms with Crippen molar-refractivity contribution in [1.82, 2.24) is 0 Å². The Morgan fingerprint density at radius 3 is 2.62 bits per heavy atom. The number of carbonyl (C=O) groups excluding carboxylic acids is 2. The number of aliphatic imine (C=N–C) groups is 1. The van der Waals surface area contributed by atoms with Gasteiger partial charge in [0.05, 0.1) is 48.2 Å². The summed E-state index contributed by atoms with van der Waals surface area (Å²) in [5.41, 5.74) is 7.01. The maximum absolute atomic E-state index is 12.9. The number of nitrogens with zero attached hydrogens (tertiary/aromatic N) is 1. The van der Waals surface area contributed by atoms with Gasteiger partial charge in [0.2, 0.25) is 0 Å². The molecule has 1 aromatic rings. The zero-order chi connectivity index (χ0) is 21.6. The van der Waals surface area contributed by atoms with E-state index in [1.165, 1.54) is 7.11 Å². The van der Waals surface area contributed by atoms with E-state index in [9.17, 15) is 9.59 Å². The largest absolute Gasteiger partial charge is 0.468 e. The molecule has 0 radical (unpaired) electrons. The average Bonchev–Trinajstić information content (AvgIpc) is 2.69. The number of methoxy groups -OCH3 is 1. The summed E-state index contributed by atoms with van der Waals surface area (Å²) in [5.74, 6) is -2.81. The Bertz CT molecular complexity index is 838. The van der Waals surface area contributed by atoms with Gasteiger partial charge in [0.15, 0.2) is 0 Å². The summed E-state index contributed by atoms with van der Waals surface area (Å²) in [5, 5.41) is 0.545. The van der Waals surface area contributed by atoms with Gasteiger partial charge in [-0.3, -0.25) is 9.79 Å². The van der Waals surface area contributed by atoms with Crippen LogP contribution < -0.4 is 5.73 Å². The van der Waals surface area contributed by atoms with E-state index in [0.717, 1.165) is 0 Å². The van der Waals surface area contributed by atoms with Crippen molar-refractivity contribution < 1.29 is 23.8 Å². The van der Waals surface area contributed by atoms with Gasteiger partial charge in [-0.2, -0.15) is 0 Å². The van der Waals surface area contributed by atoms with Crippen LogP contribution in [-0.4, -0.2) is 51.1 Å². The van der Waals surface area contributed by atoms with Crippen LogP contribution in [0.15, 0.2) is 34.5 Å². The number of esters is 2. The molecule has 7 nitrogen and oxygen atoms in total. The quantitative estimate of drug-likeness (QED) is 0.490. The molecule has 1 heterocycles. The van der Waals surface area contributed by atoms with E-state index >= 15 is 0 Å². The normalized spacial score (nSPS) is 19.0. The highest BCUT2D eigenvalue weighted by molar-refractivity contribution is 6.42. The van der Waals surface area contributed by atoms with Crippen LogP contribution in [0.1, 0.15) is 25.3 Å². The Kier molecular flexibility index (Phi) is 8.64. The van der Waals surface area contributed by atoms with E-state index in [1.54, 1.807) is 32.0 Å². The second-order valence-electron chi connectivity index (χ2n) is 6.30. The van der Waals surface area contributed by atoms with Gasteiger partial charge >= 0.3 is 11.9 Å². The Balaban J connectivity index is 2.72. The minimum Gasteiger partial charge on any atom is -0.468 e. The van der Waals surface area contributed by atoms with Gasteiger partial charge in [-0.05, 0) is 25.5 Å². The van der Waals surface area contributed by atoms with E-state index in [4.69, 9.17) is 43.1 Å². The molecule has 158 valence electrons. The van der Waals surface area contributed by atoms with Crippen molar-refractivity contribution in [3.05, 3.63) is 45.1 Å². The molecule has 29 heavy (non-hydrogen) atoms. The standard InChI is InChI=1S/C20H24Cl2N2O5/c1-4-29-20(26)17-14(10-28-9-8-23)24-11(2)15(19(25)27-3)16(17)12-6-5-7-13(21)18(12)22/h5-7,15-16H,4,8-10,23H2,1-3H3. The monoisotopic (exact) mass is 442 g/mol. The first-order valence-corrected chi connectivity index (χ1v) is 9.87. The van der Waals surface area contributed by atoms with Crippen LogP contribution in [0.4, 0.5) is 0 Å². The van der Waals surface area contributed by atoms with E-state index in [1.807, 2.05) is 0 Å². The van der Waals surface area contributed by atoms with E-state index in [0.29, 0.717) is 28.5 Å². The van der Waals surface area contributed by atoms with Gasteiger partial charge in [-0.1, -0.05) is 35.3 Å². The minimum absolute atomic E-state index is 0.0330. The fourth-order valence-electron chi connectivity index (χ4n) is 3.28. The van der Waals surface area contributed by atoms with Crippen LogP contribution in [0.3, 0.4) is 0 Å². The van der Waals surface area contributed by atoms with Crippen molar-refractivity contribution in [3.63, 3.8) is 0 Å². The zero-order valence-electron chi connectivity index (χ0n) is 16.5. The lowest BCUT2D eigenvalue weighted by Gasteiger charge is -2.32. The van der Waals surface area contributed by atoms with Gasteiger partial charge in [0.1, 0.15) is 5.92 Å². The third-order valence-corrected chi connectivity index (χ3v) is 5.32. The second-order valence-corrected chi connectivity index (χ2v) is 7.08. The van der Waals surface area contributed by atoms with Gasteiger partial charge in [0, 0.05) is 18.2 Å². The summed E-state index contributed by atoms with van der Waals surface area (Å²) >= 11 is 12.7. The van der Waals surface area contributed by atoms with Crippen LogP contribution >= 0.6 is 23.2 Å². The fraction of sp³-hybridized carbons (Fsp3) is 0.450. The van der Waals surface area contributed by atoms with Crippen LogP contribution in [0.25, 0.3) is 0 Å². The molecule has 0 saturated carbocycles. The smallest absolute Gasteiger partial charge is 0.336 e. The number of carbonyl (C=O) groups is 2. The van der Waals surface area contributed by atoms with E-state index in [-0.39, 0.29) is 30.4 Å². The molecule has 0 saturated heterocycles. The topological polar surface area (TPSA) is 100 Å². The summed E-state index contributed by atoms with van der Waals surface area (Å²) in [6, 6.07) is 5.04. The first-order valence-electron chi connectivity index (χ1n) is 9.12. The molecule has 2 unspecified atom stereocenters. The third-order valence-electron chi connectivity index (χ3n) is 4.48. The van der Waals surface area contributed by atoms with Gasteiger partial charge < -0.3 is 19.9 Å². The highest BCUT2D eigenvalue weighted by atomic mass is 35.5. The predicted octanol–water partition coefficient (Wildman–Crippen LogP) is 3.13. The van der Waals surface area contributed by atoms with Crippen molar-refractivity contribution in [2.24, 2.45) is 16.6 Å². The number of benzene rings is 1. The van der Waals surface area contributed by atoms with Crippen LogP contribution in [0.2, 0.25) is 10.0 Å². The number of hydrogen-bond donors (Lipinski definition) is 1. The van der Waals surface area contributed by atoms with Crippen molar-refractivity contribution in [2.75, 3.05) is 33.5 Å². The Morgan fingerprint density at radius 2 is 2.00 bits per heavy atom. The Morgan fingerprint density at radius 1 is 1.28 bits per heavy atom.